The van der Waals surface area contributed by atoms with E-state index < -0.39 is 0 Å². The van der Waals surface area contributed by atoms with Crippen molar-refractivity contribution in [1.29, 1.82) is 0 Å². The molecule has 4 rings (SSSR count). The molecule has 2 aliphatic rings. The van der Waals surface area contributed by atoms with E-state index in [0.29, 0.717) is 6.04 Å². The minimum atomic E-state index is 0.186. The number of nitrogens with one attached hydrogen (secondary N) is 2. The highest BCUT2D eigenvalue weighted by Crippen LogP contribution is 2.33. The lowest BCUT2D eigenvalue weighted by molar-refractivity contribution is -0.122. The van der Waals surface area contributed by atoms with Crippen LogP contribution in [0.5, 0.6) is 0 Å². The van der Waals surface area contributed by atoms with Gasteiger partial charge in [-0.2, -0.15) is 0 Å². The first-order chi connectivity index (χ1) is 11.1. The van der Waals surface area contributed by atoms with Crippen molar-refractivity contribution in [3.05, 3.63) is 29.5 Å². The maximum atomic E-state index is 12.2. The van der Waals surface area contributed by atoms with Crippen LogP contribution >= 0.6 is 0 Å². The maximum Gasteiger partial charge on any atom is 0.227 e. The number of nitrogens with zero attached hydrogens (tertiary/aromatic N) is 1. The molecule has 1 unspecified atom stereocenters. The van der Waals surface area contributed by atoms with Gasteiger partial charge in [0.2, 0.25) is 5.91 Å². The van der Waals surface area contributed by atoms with E-state index in [4.69, 9.17) is 0 Å². The molecular weight excluding hydrogens is 286 g/mol. The van der Waals surface area contributed by atoms with Gasteiger partial charge >= 0.3 is 0 Å². The average molecular weight is 311 g/mol. The number of carbonyl (C=O) groups is 1. The zero-order valence-electron chi connectivity index (χ0n) is 14.0. The second-order valence-corrected chi connectivity index (χ2v) is 7.32. The summed E-state index contributed by atoms with van der Waals surface area (Å²) in [5.74, 6) is 0.412. The van der Waals surface area contributed by atoms with E-state index in [1.807, 2.05) is 6.07 Å². The van der Waals surface area contributed by atoms with Gasteiger partial charge in [-0.1, -0.05) is 6.42 Å². The number of hydrogen-bond donors (Lipinski definition) is 2. The normalized spacial score (nSPS) is 21.3. The van der Waals surface area contributed by atoms with Crippen LogP contribution in [-0.4, -0.2) is 35.9 Å². The lowest BCUT2D eigenvalue weighted by Crippen LogP contribution is -2.33. The van der Waals surface area contributed by atoms with E-state index in [-0.39, 0.29) is 11.8 Å². The molecule has 1 amide bonds. The average Bonchev–Trinajstić information content (AvgIpc) is 2.82. The van der Waals surface area contributed by atoms with Crippen LogP contribution in [0.25, 0.3) is 10.9 Å². The maximum absolute atomic E-state index is 12.2. The van der Waals surface area contributed by atoms with Crippen molar-refractivity contribution in [2.75, 3.05) is 19.4 Å². The molecule has 2 aromatic rings. The molecule has 0 radical (unpaired) electrons. The van der Waals surface area contributed by atoms with E-state index in [2.05, 4.69) is 41.4 Å². The van der Waals surface area contributed by atoms with Gasteiger partial charge in [-0.15, -0.1) is 0 Å². The van der Waals surface area contributed by atoms with Crippen LogP contribution in [0.15, 0.2) is 18.2 Å². The first-order valence-electron chi connectivity index (χ1n) is 8.72. The summed E-state index contributed by atoms with van der Waals surface area (Å²) in [7, 11) is 4.32. The van der Waals surface area contributed by atoms with E-state index in [1.165, 1.54) is 35.0 Å². The molecule has 0 spiro atoms. The number of benzene rings is 1. The Kier molecular flexibility index (Phi) is 3.64. The number of carbonyl (C=O) groups excluding carboxylic acids is 1. The number of aromatic amines is 1. The summed E-state index contributed by atoms with van der Waals surface area (Å²) in [6, 6.07) is 6.88. The van der Waals surface area contributed by atoms with Gasteiger partial charge in [0.05, 0.1) is 0 Å². The predicted octanol–water partition coefficient (Wildman–Crippen LogP) is 3.33. The summed E-state index contributed by atoms with van der Waals surface area (Å²) in [6.07, 6.45) is 6.67. The molecule has 1 saturated carbocycles. The number of amides is 1. The van der Waals surface area contributed by atoms with Crippen molar-refractivity contribution in [2.24, 2.45) is 5.92 Å². The molecule has 4 nitrogen and oxygen atoms in total. The molecular formula is C19H25N3O. The van der Waals surface area contributed by atoms with Gasteiger partial charge < -0.3 is 15.2 Å². The highest BCUT2D eigenvalue weighted by atomic mass is 16.1. The van der Waals surface area contributed by atoms with E-state index in [0.717, 1.165) is 31.4 Å². The summed E-state index contributed by atoms with van der Waals surface area (Å²) < 4.78 is 0. The van der Waals surface area contributed by atoms with E-state index in [1.54, 1.807) is 0 Å². The fourth-order valence-electron chi connectivity index (χ4n) is 3.83. The number of aryl methyl sites for hydroxylation is 1. The first-order valence-corrected chi connectivity index (χ1v) is 8.72. The Morgan fingerprint density at radius 2 is 2.09 bits per heavy atom. The van der Waals surface area contributed by atoms with Crippen LogP contribution in [0.4, 0.5) is 5.69 Å². The quantitative estimate of drug-likeness (QED) is 0.913. The Hall–Kier alpha value is -1.81. The number of fused-ring (bicyclic) bond motifs is 3. The van der Waals surface area contributed by atoms with Crippen LogP contribution < -0.4 is 5.32 Å². The molecule has 2 N–H and O–H groups in total. The molecule has 2 aliphatic carbocycles. The predicted molar refractivity (Wildman–Crippen MR) is 93.8 cm³/mol. The molecule has 0 aliphatic heterocycles. The van der Waals surface area contributed by atoms with Gasteiger partial charge in [-0.25, -0.2) is 0 Å². The van der Waals surface area contributed by atoms with Crippen LogP contribution in [0, 0.1) is 5.92 Å². The number of rotatable bonds is 3. The molecule has 1 heterocycles. The van der Waals surface area contributed by atoms with Gasteiger partial charge in [0.1, 0.15) is 0 Å². The molecule has 1 atom stereocenters. The van der Waals surface area contributed by atoms with Gasteiger partial charge in [-0.3, -0.25) is 4.79 Å². The number of aromatic nitrogens is 1. The Bertz CT molecular complexity index is 742. The third-order valence-corrected chi connectivity index (χ3v) is 5.64. The highest BCUT2D eigenvalue weighted by Gasteiger charge is 2.26. The fraction of sp³-hybridized carbons (Fsp3) is 0.526. The van der Waals surface area contributed by atoms with Crippen molar-refractivity contribution in [3.63, 3.8) is 0 Å². The zero-order valence-corrected chi connectivity index (χ0v) is 14.0. The number of hydrogen-bond acceptors (Lipinski definition) is 2. The molecule has 1 aromatic carbocycles. The topological polar surface area (TPSA) is 48.1 Å². The monoisotopic (exact) mass is 311 g/mol. The summed E-state index contributed by atoms with van der Waals surface area (Å²) in [4.78, 5) is 18.1. The second-order valence-electron chi connectivity index (χ2n) is 7.32. The van der Waals surface area contributed by atoms with Crippen LogP contribution in [0.3, 0.4) is 0 Å². The first kappa shape index (κ1) is 14.8. The summed E-state index contributed by atoms with van der Waals surface area (Å²) in [5, 5.41) is 4.38. The van der Waals surface area contributed by atoms with Crippen molar-refractivity contribution in [1.82, 2.24) is 9.88 Å². The third kappa shape index (κ3) is 2.65. The molecule has 1 fully saturated rings. The SMILES string of the molecule is CN(C)C1CCc2[nH]c3ccc(NC(=O)C4CCC4)cc3c2C1. The van der Waals surface area contributed by atoms with Gasteiger partial charge in [-0.05, 0) is 70.0 Å². The van der Waals surface area contributed by atoms with Crippen molar-refractivity contribution < 1.29 is 4.79 Å². The minimum Gasteiger partial charge on any atom is -0.358 e. The Balaban J connectivity index is 1.63. The molecule has 4 heteroatoms. The van der Waals surface area contributed by atoms with Crippen molar-refractivity contribution >= 4 is 22.5 Å². The number of H-pyrrole nitrogens is 1. The highest BCUT2D eigenvalue weighted by molar-refractivity contribution is 5.96. The Morgan fingerprint density at radius 1 is 1.26 bits per heavy atom. The zero-order chi connectivity index (χ0) is 16.0. The fourth-order valence-corrected chi connectivity index (χ4v) is 3.83. The van der Waals surface area contributed by atoms with Crippen LogP contribution in [-0.2, 0) is 17.6 Å². The standard InChI is InChI=1S/C19H25N3O/c1-22(2)14-7-9-18-16(11-14)15-10-13(6-8-17(15)21-18)20-19(23)12-4-3-5-12/h6,8,10,12,14,21H,3-5,7,9,11H2,1-2H3,(H,20,23). The molecule has 0 saturated heterocycles. The third-order valence-electron chi connectivity index (χ3n) is 5.64. The lowest BCUT2D eigenvalue weighted by Gasteiger charge is -2.28. The van der Waals surface area contributed by atoms with Gasteiger partial charge in [0.15, 0.2) is 0 Å². The minimum absolute atomic E-state index is 0.186. The smallest absolute Gasteiger partial charge is 0.227 e. The number of anilines is 1. The number of likely N-dealkylation sites (N-methyl/N-ethyl adjacent to an activating group) is 1. The Labute approximate surface area is 137 Å². The summed E-state index contributed by atoms with van der Waals surface area (Å²) >= 11 is 0. The summed E-state index contributed by atoms with van der Waals surface area (Å²) in [6.45, 7) is 0. The van der Waals surface area contributed by atoms with Crippen LogP contribution in [0.1, 0.15) is 36.9 Å². The second kappa shape index (κ2) is 5.68. The molecule has 23 heavy (non-hydrogen) atoms. The largest absolute Gasteiger partial charge is 0.358 e. The lowest BCUT2D eigenvalue weighted by atomic mass is 9.85. The molecule has 122 valence electrons. The van der Waals surface area contributed by atoms with Gasteiger partial charge in [0.25, 0.3) is 0 Å². The van der Waals surface area contributed by atoms with Gasteiger partial charge in [0, 0.05) is 34.2 Å². The van der Waals surface area contributed by atoms with Crippen molar-refractivity contribution in [2.45, 2.75) is 44.6 Å². The summed E-state index contributed by atoms with van der Waals surface area (Å²) in [5.41, 5.74) is 4.93. The van der Waals surface area contributed by atoms with Crippen molar-refractivity contribution in [3.8, 4) is 0 Å². The van der Waals surface area contributed by atoms with Crippen LogP contribution in [0.2, 0.25) is 0 Å². The Morgan fingerprint density at radius 3 is 2.78 bits per heavy atom. The van der Waals surface area contributed by atoms with E-state index >= 15 is 0 Å². The molecule has 1 aromatic heterocycles. The van der Waals surface area contributed by atoms with E-state index in [9.17, 15) is 4.79 Å². The molecule has 0 bridgehead atoms.